The van der Waals surface area contributed by atoms with E-state index < -0.39 is 0 Å². The molecule has 0 saturated carbocycles. The average molecular weight is 198 g/mol. The van der Waals surface area contributed by atoms with Crippen LogP contribution in [0.3, 0.4) is 0 Å². The molecule has 0 saturated heterocycles. The Hall–Kier alpha value is -1.50. The lowest BCUT2D eigenvalue weighted by atomic mass is 9.97. The van der Waals surface area contributed by atoms with Crippen LogP contribution in [-0.2, 0) is 9.59 Å². The Kier molecular flexibility index (Phi) is 23.0. The Bertz CT molecular complexity index is 188. The quantitative estimate of drug-likeness (QED) is 0.356. The second-order valence-electron chi connectivity index (χ2n) is 2.59. The smallest absolute Gasteiger partial charge is 0.222 e. The summed E-state index contributed by atoms with van der Waals surface area (Å²) >= 11 is 0. The summed E-state index contributed by atoms with van der Waals surface area (Å²) in [5.41, 5.74) is 0. The molecule has 1 unspecified atom stereocenters. The van der Waals surface area contributed by atoms with Crippen LogP contribution in [0.2, 0.25) is 0 Å². The van der Waals surface area contributed by atoms with Crippen LogP contribution in [0, 0.1) is 16.7 Å². The van der Waals surface area contributed by atoms with Crippen molar-refractivity contribution in [3.63, 3.8) is 0 Å². The van der Waals surface area contributed by atoms with Crippen LogP contribution >= 0.6 is 0 Å². The first-order valence-corrected chi connectivity index (χ1v) is 3.95. The third-order valence-corrected chi connectivity index (χ3v) is 1.53. The van der Waals surface area contributed by atoms with Gasteiger partial charge in [-0.2, -0.15) is 0 Å². The lowest BCUT2D eigenvalue weighted by Gasteiger charge is -2.09. The lowest BCUT2D eigenvalue weighted by molar-refractivity contribution is 0.527. The summed E-state index contributed by atoms with van der Waals surface area (Å²) in [5, 5.41) is 10.8. The first kappa shape index (κ1) is 18.3. The first-order chi connectivity index (χ1) is 6.22. The molecule has 1 aliphatic rings. The SMILES string of the molecule is C.CC1CC=CCC1.N=C=O.N=C=O. The molecule has 0 aromatic carbocycles. The fourth-order valence-electron chi connectivity index (χ4n) is 0.945. The Morgan fingerprint density at radius 1 is 1.21 bits per heavy atom. The standard InChI is InChI=1S/C7H12.2CHNO.CH4/c1-7-5-3-2-4-6-7;2*2-1-3;/h2-3,7H,4-6H2,1H3;2*2H;1H4. The van der Waals surface area contributed by atoms with Crippen LogP contribution in [0.25, 0.3) is 0 Å². The molecule has 1 aliphatic carbocycles. The van der Waals surface area contributed by atoms with Crippen LogP contribution in [0.15, 0.2) is 12.2 Å². The van der Waals surface area contributed by atoms with E-state index >= 15 is 0 Å². The van der Waals surface area contributed by atoms with Gasteiger partial charge in [0.2, 0.25) is 12.2 Å². The molecule has 0 radical (unpaired) electrons. The largest absolute Gasteiger partial charge is 0.231 e. The molecule has 80 valence electrons. The molecule has 0 aliphatic heterocycles. The maximum absolute atomic E-state index is 8.35. The number of nitrogens with one attached hydrogen (secondary N) is 2. The predicted octanol–water partition coefficient (Wildman–Crippen LogP) is 2.80. The Labute approximate surface area is 85.0 Å². The van der Waals surface area contributed by atoms with Crippen molar-refractivity contribution in [2.75, 3.05) is 0 Å². The molecule has 0 aromatic heterocycles. The zero-order valence-electron chi connectivity index (χ0n) is 7.67. The van der Waals surface area contributed by atoms with E-state index in [0.717, 1.165) is 18.1 Å². The van der Waals surface area contributed by atoms with Crippen molar-refractivity contribution in [2.24, 2.45) is 5.92 Å². The van der Waals surface area contributed by atoms with Gasteiger partial charge < -0.3 is 0 Å². The van der Waals surface area contributed by atoms with E-state index in [-0.39, 0.29) is 7.43 Å². The van der Waals surface area contributed by atoms with Crippen LogP contribution in [0.5, 0.6) is 0 Å². The monoisotopic (exact) mass is 198 g/mol. The summed E-state index contributed by atoms with van der Waals surface area (Å²) in [5.74, 6) is 0.949. The van der Waals surface area contributed by atoms with E-state index in [1.807, 2.05) is 0 Å². The summed E-state index contributed by atoms with van der Waals surface area (Å²) in [6, 6.07) is 0. The molecule has 0 fully saturated rings. The molecule has 2 N–H and O–H groups in total. The van der Waals surface area contributed by atoms with Crippen LogP contribution in [-0.4, -0.2) is 12.2 Å². The van der Waals surface area contributed by atoms with Gasteiger partial charge in [0, 0.05) is 0 Å². The number of allylic oxidation sites excluding steroid dienone is 2. The van der Waals surface area contributed by atoms with Crippen LogP contribution in [0.1, 0.15) is 33.6 Å². The van der Waals surface area contributed by atoms with Crippen LogP contribution < -0.4 is 0 Å². The van der Waals surface area contributed by atoms with Gasteiger partial charge in [0.05, 0.1) is 0 Å². The summed E-state index contributed by atoms with van der Waals surface area (Å²) in [6.07, 6.45) is 10.1. The van der Waals surface area contributed by atoms with Gasteiger partial charge in [-0.25, -0.2) is 20.4 Å². The van der Waals surface area contributed by atoms with Crippen molar-refractivity contribution in [3.05, 3.63) is 12.2 Å². The maximum atomic E-state index is 8.35. The fraction of sp³-hybridized carbons (Fsp3) is 0.600. The number of carbonyl (C=O) groups excluding carboxylic acids is 2. The summed E-state index contributed by atoms with van der Waals surface area (Å²) < 4.78 is 0. The number of hydrogen-bond acceptors (Lipinski definition) is 4. The molecule has 4 nitrogen and oxygen atoms in total. The van der Waals surface area contributed by atoms with Gasteiger partial charge in [-0.15, -0.1) is 0 Å². The zero-order valence-corrected chi connectivity index (χ0v) is 7.67. The lowest BCUT2D eigenvalue weighted by Crippen LogP contribution is -1.94. The number of rotatable bonds is 0. The Balaban J connectivity index is -0.000000150. The minimum Gasteiger partial charge on any atom is -0.222 e. The molecule has 1 atom stereocenters. The highest BCUT2D eigenvalue weighted by atomic mass is 16.1. The van der Waals surface area contributed by atoms with E-state index in [2.05, 4.69) is 19.1 Å². The van der Waals surface area contributed by atoms with E-state index in [1.54, 1.807) is 0 Å². The van der Waals surface area contributed by atoms with Gasteiger partial charge in [-0.05, 0) is 25.2 Å². The van der Waals surface area contributed by atoms with Crippen LogP contribution in [0.4, 0.5) is 0 Å². The molecule has 0 heterocycles. The van der Waals surface area contributed by atoms with Gasteiger partial charge in [0.15, 0.2) is 0 Å². The summed E-state index contributed by atoms with van der Waals surface area (Å²) in [7, 11) is 0. The highest BCUT2D eigenvalue weighted by Crippen LogP contribution is 2.15. The van der Waals surface area contributed by atoms with Crippen molar-refractivity contribution < 1.29 is 9.59 Å². The van der Waals surface area contributed by atoms with Crippen molar-refractivity contribution in [1.82, 2.24) is 0 Å². The van der Waals surface area contributed by atoms with Gasteiger partial charge in [0.1, 0.15) is 0 Å². The second kappa shape index (κ2) is 17.5. The topological polar surface area (TPSA) is 81.8 Å². The molecule has 0 bridgehead atoms. The van der Waals surface area contributed by atoms with Gasteiger partial charge in [-0.3, -0.25) is 0 Å². The van der Waals surface area contributed by atoms with Gasteiger partial charge >= 0.3 is 0 Å². The normalized spacial score (nSPS) is 16.5. The van der Waals surface area contributed by atoms with Gasteiger partial charge in [-0.1, -0.05) is 26.5 Å². The zero-order chi connectivity index (χ0) is 10.5. The minimum absolute atomic E-state index is 0. The van der Waals surface area contributed by atoms with Crippen molar-refractivity contribution in [2.45, 2.75) is 33.6 Å². The highest BCUT2D eigenvalue weighted by molar-refractivity contribution is 5.26. The molecule has 14 heavy (non-hydrogen) atoms. The fourth-order valence-corrected chi connectivity index (χ4v) is 0.945. The number of isocyanates is 2. The average Bonchev–Trinajstić information content (AvgIpc) is 2.08. The molecule has 4 heteroatoms. The predicted molar refractivity (Wildman–Crippen MR) is 55.7 cm³/mol. The van der Waals surface area contributed by atoms with Crippen molar-refractivity contribution in [1.29, 1.82) is 10.8 Å². The molecule has 1 rings (SSSR count). The second-order valence-corrected chi connectivity index (χ2v) is 2.59. The van der Waals surface area contributed by atoms with E-state index in [0.29, 0.717) is 0 Å². The molecule has 0 spiro atoms. The van der Waals surface area contributed by atoms with E-state index in [1.165, 1.54) is 19.3 Å². The van der Waals surface area contributed by atoms with Gasteiger partial charge in [0.25, 0.3) is 0 Å². The van der Waals surface area contributed by atoms with E-state index in [4.69, 9.17) is 20.4 Å². The number of hydrogen-bond donors (Lipinski definition) is 2. The molecular formula is C10H18N2O2. The maximum Gasteiger partial charge on any atom is 0.231 e. The molecule has 0 aromatic rings. The highest BCUT2D eigenvalue weighted by Gasteiger charge is 2.00. The van der Waals surface area contributed by atoms with Crippen molar-refractivity contribution >= 4 is 12.2 Å². The molecular weight excluding hydrogens is 180 g/mol. The first-order valence-electron chi connectivity index (χ1n) is 3.95. The Morgan fingerprint density at radius 3 is 1.79 bits per heavy atom. The third-order valence-electron chi connectivity index (χ3n) is 1.53. The summed E-state index contributed by atoms with van der Waals surface area (Å²) in [6.45, 7) is 2.31. The summed E-state index contributed by atoms with van der Waals surface area (Å²) in [4.78, 5) is 16.7. The third kappa shape index (κ3) is 22.4. The minimum atomic E-state index is 0. The van der Waals surface area contributed by atoms with E-state index in [9.17, 15) is 0 Å². The van der Waals surface area contributed by atoms with Crippen molar-refractivity contribution in [3.8, 4) is 0 Å². The Morgan fingerprint density at radius 2 is 1.64 bits per heavy atom. The molecule has 0 amide bonds.